The van der Waals surface area contributed by atoms with E-state index in [2.05, 4.69) is 10.3 Å². The SMILES string of the molecule is COC1(C)CC(O[C@H]2[C@H](C)[C@@H](OC3OC(C)CC(N(C)C)C3O)[C@](C)(O)C[C@@H](C)C(=O)[C@H](C)[C@@H](O)[C@](C)(O)[C@@H](CCNC(=O)c3ccc4ncccc4c3)OC(=O)[C@@H]2C)OC(C)C1O. The van der Waals surface area contributed by atoms with Crippen LogP contribution in [-0.2, 0) is 38.0 Å². The number of methoxy groups -OCH3 is 1. The van der Waals surface area contributed by atoms with Crippen LogP contribution in [0.25, 0.3) is 10.9 Å². The van der Waals surface area contributed by atoms with Crippen molar-refractivity contribution in [1.82, 2.24) is 15.2 Å². The summed E-state index contributed by atoms with van der Waals surface area (Å²) in [6, 6.07) is 8.28. The molecule has 1 aromatic carbocycles. The lowest BCUT2D eigenvalue weighted by atomic mass is 9.74. The average molecular weight is 904 g/mol. The summed E-state index contributed by atoms with van der Waals surface area (Å²) in [4.78, 5) is 48.4. The van der Waals surface area contributed by atoms with Gasteiger partial charge >= 0.3 is 5.97 Å². The van der Waals surface area contributed by atoms with Gasteiger partial charge < -0.3 is 64.2 Å². The summed E-state index contributed by atoms with van der Waals surface area (Å²) < 4.78 is 37.6. The third-order valence-corrected chi connectivity index (χ3v) is 14.0. The number of aliphatic hydroxyl groups excluding tert-OH is 3. The summed E-state index contributed by atoms with van der Waals surface area (Å²) in [7, 11) is 5.13. The first-order valence-electron chi connectivity index (χ1n) is 22.5. The van der Waals surface area contributed by atoms with E-state index in [1.807, 2.05) is 32.0 Å². The molecule has 3 saturated heterocycles. The zero-order valence-corrected chi connectivity index (χ0v) is 39.5. The van der Waals surface area contributed by atoms with Crippen molar-refractivity contribution in [3.8, 4) is 0 Å². The van der Waals surface area contributed by atoms with Crippen LogP contribution >= 0.6 is 0 Å². The Kier molecular flexibility index (Phi) is 16.8. The topological polar surface area (TPSA) is 236 Å². The molecule has 2 aromatic rings. The number of Topliss-reactive ketones (excluding diaryl/α,β-unsaturated/α-hetero) is 1. The molecular formula is C47H73N3O14. The molecule has 17 nitrogen and oxygen atoms in total. The zero-order chi connectivity index (χ0) is 47.6. The van der Waals surface area contributed by atoms with Crippen molar-refractivity contribution in [2.24, 2.45) is 23.7 Å². The lowest BCUT2D eigenvalue weighted by Gasteiger charge is -2.49. The molecule has 0 spiro atoms. The highest BCUT2D eigenvalue weighted by Gasteiger charge is 2.53. The van der Waals surface area contributed by atoms with Crippen molar-refractivity contribution < 1.29 is 68.3 Å². The van der Waals surface area contributed by atoms with Gasteiger partial charge in [0, 0.05) is 67.4 Å². The molecule has 64 heavy (non-hydrogen) atoms. The van der Waals surface area contributed by atoms with Crippen LogP contribution in [-0.4, -0.2) is 165 Å². The average Bonchev–Trinajstić information content (AvgIpc) is 3.24. The van der Waals surface area contributed by atoms with E-state index in [0.717, 1.165) is 5.39 Å². The van der Waals surface area contributed by atoms with Crippen LogP contribution in [0.4, 0.5) is 0 Å². The second-order valence-electron chi connectivity index (χ2n) is 19.5. The molecule has 18 atom stereocenters. The minimum atomic E-state index is -2.23. The van der Waals surface area contributed by atoms with Crippen molar-refractivity contribution in [2.45, 2.75) is 172 Å². The van der Waals surface area contributed by atoms with Gasteiger partial charge in [-0.3, -0.25) is 19.4 Å². The fourth-order valence-electron chi connectivity index (χ4n) is 9.90. The predicted molar refractivity (Wildman–Crippen MR) is 235 cm³/mol. The summed E-state index contributed by atoms with van der Waals surface area (Å²) in [5, 5.41) is 62.7. The molecule has 17 heteroatoms. The highest BCUT2D eigenvalue weighted by Crippen LogP contribution is 2.41. The Morgan fingerprint density at radius 3 is 2.28 bits per heavy atom. The number of nitrogens with zero attached hydrogens (tertiary/aromatic N) is 2. The molecule has 0 saturated carbocycles. The van der Waals surface area contributed by atoms with E-state index in [4.69, 9.17) is 28.4 Å². The number of aromatic nitrogens is 1. The fraction of sp³-hybridized carbons (Fsp3) is 0.745. The van der Waals surface area contributed by atoms with Gasteiger partial charge in [0.05, 0.1) is 53.2 Å². The number of amides is 1. The monoisotopic (exact) mass is 904 g/mol. The quantitative estimate of drug-likeness (QED) is 0.188. The molecule has 4 heterocycles. The Hall–Kier alpha value is -3.20. The van der Waals surface area contributed by atoms with Crippen LogP contribution in [0.15, 0.2) is 36.5 Å². The third-order valence-electron chi connectivity index (χ3n) is 14.0. The van der Waals surface area contributed by atoms with E-state index in [1.165, 1.54) is 27.9 Å². The van der Waals surface area contributed by atoms with Crippen LogP contribution in [0, 0.1) is 23.7 Å². The number of hydrogen-bond acceptors (Lipinski definition) is 16. The number of pyridine rings is 1. The van der Waals surface area contributed by atoms with Crippen molar-refractivity contribution in [2.75, 3.05) is 27.7 Å². The smallest absolute Gasteiger partial charge is 0.311 e. The van der Waals surface area contributed by atoms with Crippen LogP contribution in [0.3, 0.4) is 0 Å². The Labute approximate surface area is 377 Å². The summed E-state index contributed by atoms with van der Waals surface area (Å²) in [6.07, 6.45) is -9.50. The largest absolute Gasteiger partial charge is 0.459 e. The van der Waals surface area contributed by atoms with Crippen molar-refractivity contribution in [3.05, 3.63) is 42.1 Å². The first-order chi connectivity index (χ1) is 29.8. The number of likely N-dealkylation sites (N-methyl/N-ethyl adjacent to an activating group) is 1. The molecule has 6 N–H and O–H groups in total. The minimum Gasteiger partial charge on any atom is -0.459 e. The number of hydrogen-bond donors (Lipinski definition) is 6. The number of fused-ring (bicyclic) bond motifs is 1. The van der Waals surface area contributed by atoms with Gasteiger partial charge in [-0.15, -0.1) is 0 Å². The highest BCUT2D eigenvalue weighted by atomic mass is 16.7. The Bertz CT molecular complexity index is 1910. The van der Waals surface area contributed by atoms with E-state index >= 15 is 0 Å². The van der Waals surface area contributed by atoms with Gasteiger partial charge in [-0.1, -0.05) is 26.8 Å². The van der Waals surface area contributed by atoms with Gasteiger partial charge in [-0.25, -0.2) is 0 Å². The number of nitrogens with one attached hydrogen (secondary N) is 1. The van der Waals surface area contributed by atoms with Crippen LogP contribution in [0.1, 0.15) is 98.4 Å². The molecule has 0 radical (unpaired) electrons. The number of carbonyl (C=O) groups excluding carboxylic acids is 3. The van der Waals surface area contributed by atoms with Gasteiger partial charge in [0.25, 0.3) is 5.91 Å². The third kappa shape index (κ3) is 11.3. The summed E-state index contributed by atoms with van der Waals surface area (Å²) >= 11 is 0. The van der Waals surface area contributed by atoms with Crippen molar-refractivity contribution in [1.29, 1.82) is 0 Å². The lowest BCUT2D eigenvalue weighted by Crippen LogP contribution is -2.61. The number of ether oxygens (including phenoxy) is 6. The van der Waals surface area contributed by atoms with Crippen LogP contribution < -0.4 is 5.32 Å². The molecule has 0 aliphatic carbocycles. The summed E-state index contributed by atoms with van der Waals surface area (Å²) in [5.74, 6) is -6.06. The minimum absolute atomic E-state index is 0.0365. The number of carbonyl (C=O) groups is 3. The molecule has 360 valence electrons. The normalized spacial score (nSPS) is 41.9. The van der Waals surface area contributed by atoms with Gasteiger partial charge in [0.15, 0.2) is 12.6 Å². The molecular weight excluding hydrogens is 831 g/mol. The first kappa shape index (κ1) is 51.8. The molecule has 8 unspecified atom stereocenters. The molecule has 3 aliphatic rings. The van der Waals surface area contributed by atoms with E-state index < -0.39 is 113 Å². The zero-order valence-electron chi connectivity index (χ0n) is 39.5. The maximum absolute atomic E-state index is 14.7. The molecule has 0 bridgehead atoms. The lowest BCUT2D eigenvalue weighted by molar-refractivity contribution is -0.318. The van der Waals surface area contributed by atoms with E-state index in [0.29, 0.717) is 17.5 Å². The second kappa shape index (κ2) is 20.8. The molecule has 3 fully saturated rings. The van der Waals surface area contributed by atoms with E-state index in [9.17, 15) is 39.9 Å². The Balaban J connectivity index is 1.54. The number of cyclic esters (lactones) is 1. The number of benzene rings is 1. The van der Waals surface area contributed by atoms with Crippen LogP contribution in [0.2, 0.25) is 0 Å². The summed E-state index contributed by atoms with van der Waals surface area (Å²) in [6.45, 7) is 14.3. The number of esters is 1. The highest BCUT2D eigenvalue weighted by molar-refractivity contribution is 5.97. The van der Waals surface area contributed by atoms with Gasteiger partial charge in [0.1, 0.15) is 29.7 Å². The molecule has 1 amide bonds. The number of aliphatic hydroxyl groups is 5. The fourth-order valence-corrected chi connectivity index (χ4v) is 9.90. The van der Waals surface area contributed by atoms with Gasteiger partial charge in [-0.05, 0) is 92.7 Å². The molecule has 1 aromatic heterocycles. The maximum atomic E-state index is 14.7. The predicted octanol–water partition coefficient (Wildman–Crippen LogP) is 2.74. The first-order valence-corrected chi connectivity index (χ1v) is 22.5. The summed E-state index contributed by atoms with van der Waals surface area (Å²) in [5.41, 5.74) is -4.14. The van der Waals surface area contributed by atoms with Crippen molar-refractivity contribution in [3.63, 3.8) is 0 Å². The standard InChI is InChI=1S/C47H73N3O14/c1-24-22-45(7,57)41(64-44-37(52)33(50(10)11)20-25(2)60-44)27(4)38(63-35-23-46(8,59-12)40(54)29(6)61-35)28(5)43(56)62-34(47(9,58)39(53)26(3)36(24)51)17-19-49-42(55)31-15-16-32-30(21-31)14-13-18-48-32/h13-16,18,21,24-29,33-35,37-41,44,52-54,57-58H,17,19-20,22-23H2,1-12H3,(H,49,55)/t24-,25?,26+,27+,28-,29?,33?,34-,35?,37?,38+,39-,40?,41-,44?,45-,46?,47-/m1/s1. The van der Waals surface area contributed by atoms with Crippen LogP contribution in [0.5, 0.6) is 0 Å². The van der Waals surface area contributed by atoms with Crippen molar-refractivity contribution >= 4 is 28.6 Å². The Morgan fingerprint density at radius 1 is 0.938 bits per heavy atom. The number of rotatable bonds is 10. The molecule has 3 aliphatic heterocycles. The van der Waals surface area contributed by atoms with Gasteiger partial charge in [0.2, 0.25) is 0 Å². The maximum Gasteiger partial charge on any atom is 0.311 e. The van der Waals surface area contributed by atoms with E-state index in [1.54, 1.807) is 65.1 Å². The molecule has 5 rings (SSSR count). The second-order valence-corrected chi connectivity index (χ2v) is 19.5. The Morgan fingerprint density at radius 2 is 1.62 bits per heavy atom. The van der Waals surface area contributed by atoms with E-state index in [-0.39, 0.29) is 38.0 Å². The van der Waals surface area contributed by atoms with Gasteiger partial charge in [-0.2, -0.15) is 0 Å². The number of ketones is 1.